The molecule has 1 nitrogen and oxygen atoms in total. The summed E-state index contributed by atoms with van der Waals surface area (Å²) in [5, 5.41) is 9.21. The lowest BCUT2D eigenvalue weighted by atomic mass is 10.0. The molecule has 0 saturated carbocycles. The van der Waals surface area contributed by atoms with Gasteiger partial charge in [0.1, 0.15) is 6.10 Å². The maximum absolute atomic E-state index is 12.9. The third-order valence-electron chi connectivity index (χ3n) is 1.99. The van der Waals surface area contributed by atoms with E-state index >= 15 is 0 Å². The number of halogens is 2. The van der Waals surface area contributed by atoms with Crippen molar-refractivity contribution in [3.8, 4) is 0 Å². The predicted molar refractivity (Wildman–Crippen MR) is 51.3 cm³/mol. The summed E-state index contributed by atoms with van der Waals surface area (Å²) < 4.78 is 25.7. The highest BCUT2D eigenvalue weighted by Crippen LogP contribution is 2.22. The summed E-state index contributed by atoms with van der Waals surface area (Å²) in [6.45, 7) is 2.99. The first-order valence-electron chi connectivity index (χ1n) is 4.29. The topological polar surface area (TPSA) is 20.2 Å². The molecule has 0 aliphatic rings. The van der Waals surface area contributed by atoms with Gasteiger partial charge in [0.05, 0.1) is 0 Å². The maximum Gasteiger partial charge on any atom is 0.291 e. The molecule has 0 fully saturated rings. The van der Waals surface area contributed by atoms with Gasteiger partial charge in [-0.05, 0) is 11.6 Å². The number of hydrogen-bond acceptors (Lipinski definition) is 1. The van der Waals surface area contributed by atoms with Crippen molar-refractivity contribution in [2.45, 2.75) is 18.4 Å². The lowest BCUT2D eigenvalue weighted by molar-refractivity contribution is -0.0681. The highest BCUT2D eigenvalue weighted by molar-refractivity contribution is 5.16. The van der Waals surface area contributed by atoms with Crippen LogP contribution in [0.4, 0.5) is 8.78 Å². The summed E-state index contributed by atoms with van der Waals surface area (Å²) >= 11 is 0. The normalized spacial score (nSPS) is 13.6. The number of rotatable bonds is 4. The van der Waals surface area contributed by atoms with Gasteiger partial charge in [0.25, 0.3) is 5.92 Å². The van der Waals surface area contributed by atoms with Crippen molar-refractivity contribution < 1.29 is 13.9 Å². The largest absolute Gasteiger partial charge is 0.386 e. The highest BCUT2D eigenvalue weighted by atomic mass is 19.3. The second-order valence-corrected chi connectivity index (χ2v) is 3.08. The summed E-state index contributed by atoms with van der Waals surface area (Å²) in [6, 6.07) is 8.68. The van der Waals surface area contributed by atoms with Crippen LogP contribution in [0.15, 0.2) is 43.0 Å². The Hall–Kier alpha value is -1.22. The summed E-state index contributed by atoms with van der Waals surface area (Å²) in [5.41, 5.74) is 0.682. The SMILES string of the molecule is C=CC(F)(F)C(O)Cc1ccccc1. The van der Waals surface area contributed by atoms with E-state index < -0.39 is 12.0 Å². The number of benzene rings is 1. The molecule has 1 aromatic carbocycles. The van der Waals surface area contributed by atoms with Gasteiger partial charge in [0.2, 0.25) is 0 Å². The van der Waals surface area contributed by atoms with E-state index in [1.54, 1.807) is 30.3 Å². The average Bonchev–Trinajstić information content (AvgIpc) is 2.19. The first-order chi connectivity index (χ1) is 6.56. The minimum atomic E-state index is -3.23. The fourth-order valence-electron chi connectivity index (χ4n) is 1.11. The first kappa shape index (κ1) is 10.9. The van der Waals surface area contributed by atoms with Gasteiger partial charge in [-0.1, -0.05) is 36.9 Å². The van der Waals surface area contributed by atoms with Gasteiger partial charge in [-0.25, -0.2) is 0 Å². The van der Waals surface area contributed by atoms with Gasteiger partial charge in [0.15, 0.2) is 0 Å². The fraction of sp³-hybridized carbons (Fsp3) is 0.273. The lowest BCUT2D eigenvalue weighted by Crippen LogP contribution is -2.32. The molecule has 14 heavy (non-hydrogen) atoms. The van der Waals surface area contributed by atoms with Gasteiger partial charge in [-0.3, -0.25) is 0 Å². The van der Waals surface area contributed by atoms with Gasteiger partial charge < -0.3 is 5.11 Å². The molecule has 76 valence electrons. The molecular formula is C11H12F2O. The summed E-state index contributed by atoms with van der Waals surface area (Å²) in [4.78, 5) is 0. The third-order valence-corrected chi connectivity index (χ3v) is 1.99. The maximum atomic E-state index is 12.9. The summed E-state index contributed by atoms with van der Waals surface area (Å²) in [5.74, 6) is -3.23. The summed E-state index contributed by atoms with van der Waals surface area (Å²) in [6.07, 6.45) is -1.30. The Labute approximate surface area is 81.7 Å². The van der Waals surface area contributed by atoms with Crippen LogP contribution in [0.25, 0.3) is 0 Å². The van der Waals surface area contributed by atoms with E-state index in [4.69, 9.17) is 0 Å². The molecule has 1 unspecified atom stereocenters. The van der Waals surface area contributed by atoms with E-state index in [2.05, 4.69) is 6.58 Å². The molecular weight excluding hydrogens is 186 g/mol. The van der Waals surface area contributed by atoms with Crippen LogP contribution >= 0.6 is 0 Å². The zero-order valence-electron chi connectivity index (χ0n) is 7.66. The molecule has 1 atom stereocenters. The summed E-state index contributed by atoms with van der Waals surface area (Å²) in [7, 11) is 0. The van der Waals surface area contributed by atoms with Crippen molar-refractivity contribution in [1.29, 1.82) is 0 Å². The van der Waals surface area contributed by atoms with Crippen molar-refractivity contribution in [2.24, 2.45) is 0 Å². The molecule has 0 aliphatic heterocycles. The Morgan fingerprint density at radius 3 is 2.43 bits per heavy atom. The Morgan fingerprint density at radius 2 is 1.93 bits per heavy atom. The minimum Gasteiger partial charge on any atom is -0.386 e. The smallest absolute Gasteiger partial charge is 0.291 e. The van der Waals surface area contributed by atoms with Gasteiger partial charge >= 0.3 is 0 Å². The molecule has 1 N–H and O–H groups in total. The Kier molecular flexibility index (Phi) is 3.36. The molecule has 0 spiro atoms. The van der Waals surface area contributed by atoms with Crippen LogP contribution < -0.4 is 0 Å². The van der Waals surface area contributed by atoms with E-state index in [-0.39, 0.29) is 6.42 Å². The van der Waals surface area contributed by atoms with Crippen LogP contribution in [0.3, 0.4) is 0 Å². The van der Waals surface area contributed by atoms with E-state index in [1.165, 1.54) is 0 Å². The van der Waals surface area contributed by atoms with E-state index in [9.17, 15) is 13.9 Å². The van der Waals surface area contributed by atoms with Gasteiger partial charge in [-0.15, -0.1) is 0 Å². The Bertz CT molecular complexity index is 295. The fourth-order valence-corrected chi connectivity index (χ4v) is 1.11. The lowest BCUT2D eigenvalue weighted by Gasteiger charge is -2.18. The Morgan fingerprint density at radius 1 is 1.36 bits per heavy atom. The monoisotopic (exact) mass is 198 g/mol. The molecule has 1 aromatic rings. The number of alkyl halides is 2. The van der Waals surface area contributed by atoms with Crippen LogP contribution in [0.1, 0.15) is 5.56 Å². The molecule has 0 aromatic heterocycles. The molecule has 0 radical (unpaired) electrons. The van der Waals surface area contributed by atoms with Crippen LogP contribution in [0, 0.1) is 0 Å². The van der Waals surface area contributed by atoms with Gasteiger partial charge in [0, 0.05) is 6.42 Å². The highest BCUT2D eigenvalue weighted by Gasteiger charge is 2.34. The molecule has 0 bridgehead atoms. The second-order valence-electron chi connectivity index (χ2n) is 3.08. The zero-order chi connectivity index (χ0) is 10.6. The Balaban J connectivity index is 2.66. The molecule has 0 saturated heterocycles. The predicted octanol–water partition coefficient (Wildman–Crippen LogP) is 2.41. The van der Waals surface area contributed by atoms with Crippen molar-refractivity contribution in [1.82, 2.24) is 0 Å². The average molecular weight is 198 g/mol. The first-order valence-corrected chi connectivity index (χ1v) is 4.29. The molecule has 0 amide bonds. The van der Waals surface area contributed by atoms with Crippen molar-refractivity contribution >= 4 is 0 Å². The minimum absolute atomic E-state index is 0.0696. The quantitative estimate of drug-likeness (QED) is 0.736. The molecule has 1 rings (SSSR count). The standard InChI is InChI=1S/C11H12F2O/c1-2-11(12,13)10(14)8-9-6-4-3-5-7-9/h2-7,10,14H,1,8H2. The molecule has 0 heterocycles. The third kappa shape index (κ3) is 2.64. The van der Waals surface area contributed by atoms with Crippen LogP contribution in [-0.2, 0) is 6.42 Å². The van der Waals surface area contributed by atoms with E-state index in [1.807, 2.05) is 0 Å². The second kappa shape index (κ2) is 4.33. The molecule has 3 heteroatoms. The number of aliphatic hydroxyl groups excluding tert-OH is 1. The van der Waals surface area contributed by atoms with Gasteiger partial charge in [-0.2, -0.15) is 8.78 Å². The number of aliphatic hydroxyl groups is 1. The van der Waals surface area contributed by atoms with Crippen LogP contribution in [-0.4, -0.2) is 17.1 Å². The number of hydrogen-bond donors (Lipinski definition) is 1. The van der Waals surface area contributed by atoms with Crippen molar-refractivity contribution in [3.05, 3.63) is 48.6 Å². The van der Waals surface area contributed by atoms with Crippen LogP contribution in [0.2, 0.25) is 0 Å². The van der Waals surface area contributed by atoms with E-state index in [0.717, 1.165) is 0 Å². The zero-order valence-corrected chi connectivity index (χ0v) is 7.66. The van der Waals surface area contributed by atoms with Crippen LogP contribution in [0.5, 0.6) is 0 Å². The molecule has 0 aliphatic carbocycles. The van der Waals surface area contributed by atoms with Crippen molar-refractivity contribution in [2.75, 3.05) is 0 Å². The van der Waals surface area contributed by atoms with E-state index in [0.29, 0.717) is 11.6 Å². The van der Waals surface area contributed by atoms with Crippen molar-refractivity contribution in [3.63, 3.8) is 0 Å².